The first-order valence-electron chi connectivity index (χ1n) is 10.1. The molecule has 0 radical (unpaired) electrons. The van der Waals surface area contributed by atoms with Gasteiger partial charge in [-0.05, 0) is 29.1 Å². The van der Waals surface area contributed by atoms with Gasteiger partial charge in [-0.2, -0.15) is 4.98 Å². The number of aromatic nitrogens is 2. The van der Waals surface area contributed by atoms with Crippen LogP contribution in [0.15, 0.2) is 34.2 Å². The summed E-state index contributed by atoms with van der Waals surface area (Å²) in [6.07, 6.45) is 0.872. The van der Waals surface area contributed by atoms with Crippen LogP contribution in [0.2, 0.25) is 5.02 Å². The minimum atomic E-state index is 0.626. The molecule has 9 heteroatoms. The van der Waals surface area contributed by atoms with E-state index in [1.165, 1.54) is 0 Å². The van der Waals surface area contributed by atoms with Crippen molar-refractivity contribution in [3.05, 3.63) is 46.1 Å². The van der Waals surface area contributed by atoms with Crippen LogP contribution < -0.4 is 9.47 Å². The Balaban J connectivity index is 1.16. The summed E-state index contributed by atoms with van der Waals surface area (Å²) in [4.78, 5) is 10.3. The maximum absolute atomic E-state index is 6.44. The van der Waals surface area contributed by atoms with Crippen molar-refractivity contribution in [2.45, 2.75) is 19.5 Å². The van der Waals surface area contributed by atoms with Crippen LogP contribution in [0.25, 0.3) is 10.7 Å². The SMILES string of the molecule is Clc1cc(CN2CCN(Cc3nc(-c4cccs4)no3)CC2)cc2c1OCCCO2. The molecule has 0 saturated carbocycles. The maximum atomic E-state index is 6.44. The van der Waals surface area contributed by atoms with E-state index in [0.29, 0.717) is 42.2 Å². The van der Waals surface area contributed by atoms with E-state index in [2.05, 4.69) is 26.0 Å². The minimum absolute atomic E-state index is 0.626. The van der Waals surface area contributed by atoms with E-state index < -0.39 is 0 Å². The summed E-state index contributed by atoms with van der Waals surface area (Å²) >= 11 is 8.05. The fraction of sp³-hybridized carbons (Fsp3) is 0.429. The highest BCUT2D eigenvalue weighted by molar-refractivity contribution is 7.13. The molecule has 0 N–H and O–H groups in total. The Labute approximate surface area is 184 Å². The number of fused-ring (bicyclic) bond motifs is 1. The van der Waals surface area contributed by atoms with Crippen LogP contribution in [0.5, 0.6) is 11.5 Å². The van der Waals surface area contributed by atoms with Gasteiger partial charge in [0.2, 0.25) is 11.7 Å². The van der Waals surface area contributed by atoms with E-state index in [0.717, 1.165) is 55.3 Å². The van der Waals surface area contributed by atoms with E-state index in [9.17, 15) is 0 Å². The van der Waals surface area contributed by atoms with Crippen LogP contribution in [-0.2, 0) is 13.1 Å². The van der Waals surface area contributed by atoms with Gasteiger partial charge in [0, 0.05) is 39.1 Å². The van der Waals surface area contributed by atoms with Crippen LogP contribution in [0.1, 0.15) is 17.9 Å². The monoisotopic (exact) mass is 446 g/mol. The number of thiophene rings is 1. The summed E-state index contributed by atoms with van der Waals surface area (Å²) in [7, 11) is 0. The van der Waals surface area contributed by atoms with Crippen LogP contribution in [-0.4, -0.2) is 59.3 Å². The maximum Gasteiger partial charge on any atom is 0.241 e. The zero-order valence-corrected chi connectivity index (χ0v) is 18.1. The zero-order valence-electron chi connectivity index (χ0n) is 16.6. The van der Waals surface area contributed by atoms with Gasteiger partial charge in [-0.1, -0.05) is 22.8 Å². The van der Waals surface area contributed by atoms with Crippen molar-refractivity contribution in [1.29, 1.82) is 0 Å². The predicted molar refractivity (Wildman–Crippen MR) is 115 cm³/mol. The first-order valence-corrected chi connectivity index (χ1v) is 11.4. The standard InChI is InChI=1S/C21H23ClN4O3S/c22-16-11-15(12-17-20(16)28-9-2-8-27-17)13-25-4-6-26(7-5-25)14-19-23-21(24-29-19)18-3-1-10-30-18/h1,3,10-12H,2,4-9,13-14H2. The van der Waals surface area contributed by atoms with Crippen LogP contribution >= 0.6 is 22.9 Å². The smallest absolute Gasteiger partial charge is 0.241 e. The van der Waals surface area contributed by atoms with E-state index in [1.54, 1.807) is 11.3 Å². The van der Waals surface area contributed by atoms with Gasteiger partial charge in [-0.25, -0.2) is 0 Å². The van der Waals surface area contributed by atoms with Crippen LogP contribution in [0, 0.1) is 0 Å². The Morgan fingerprint density at radius 2 is 1.83 bits per heavy atom. The molecule has 2 aliphatic heterocycles. The Morgan fingerprint density at radius 1 is 1.03 bits per heavy atom. The lowest BCUT2D eigenvalue weighted by atomic mass is 10.1. The molecule has 1 aromatic carbocycles. The van der Waals surface area contributed by atoms with Gasteiger partial charge in [0.05, 0.1) is 29.7 Å². The van der Waals surface area contributed by atoms with E-state index in [4.69, 9.17) is 25.6 Å². The summed E-state index contributed by atoms with van der Waals surface area (Å²) in [5.74, 6) is 2.77. The average Bonchev–Trinajstić information content (AvgIpc) is 3.38. The third-order valence-corrected chi connectivity index (χ3v) is 6.45. The second-order valence-electron chi connectivity index (χ2n) is 7.50. The average molecular weight is 447 g/mol. The lowest BCUT2D eigenvalue weighted by Crippen LogP contribution is -2.45. The van der Waals surface area contributed by atoms with Gasteiger partial charge < -0.3 is 14.0 Å². The third kappa shape index (κ3) is 4.46. The van der Waals surface area contributed by atoms with Crippen molar-refractivity contribution in [1.82, 2.24) is 19.9 Å². The quantitative estimate of drug-likeness (QED) is 0.588. The highest BCUT2D eigenvalue weighted by atomic mass is 35.5. The normalized spacial score (nSPS) is 17.8. The molecule has 7 nitrogen and oxygen atoms in total. The highest BCUT2D eigenvalue weighted by Crippen LogP contribution is 2.38. The number of benzene rings is 1. The second-order valence-corrected chi connectivity index (χ2v) is 8.85. The molecule has 0 bridgehead atoms. The Bertz CT molecular complexity index is 986. The van der Waals surface area contributed by atoms with E-state index >= 15 is 0 Å². The lowest BCUT2D eigenvalue weighted by Gasteiger charge is -2.34. The van der Waals surface area contributed by atoms with Gasteiger partial charge in [-0.15, -0.1) is 11.3 Å². The third-order valence-electron chi connectivity index (χ3n) is 5.30. The summed E-state index contributed by atoms with van der Waals surface area (Å²) in [5, 5.41) is 6.74. The van der Waals surface area contributed by atoms with Crippen molar-refractivity contribution in [3.63, 3.8) is 0 Å². The predicted octanol–water partition coefficient (Wildman–Crippen LogP) is 3.93. The van der Waals surface area contributed by atoms with Gasteiger partial charge in [-0.3, -0.25) is 9.80 Å². The van der Waals surface area contributed by atoms with Gasteiger partial charge in [0.15, 0.2) is 11.5 Å². The summed E-state index contributed by atoms with van der Waals surface area (Å²) in [5.41, 5.74) is 1.15. The second kappa shape index (κ2) is 8.93. The highest BCUT2D eigenvalue weighted by Gasteiger charge is 2.21. The minimum Gasteiger partial charge on any atom is -0.489 e. The largest absolute Gasteiger partial charge is 0.489 e. The molecule has 5 rings (SSSR count). The van der Waals surface area contributed by atoms with Crippen molar-refractivity contribution in [3.8, 4) is 22.2 Å². The van der Waals surface area contributed by atoms with Crippen molar-refractivity contribution in [2.75, 3.05) is 39.4 Å². The molecule has 0 amide bonds. The molecule has 4 heterocycles. The molecule has 30 heavy (non-hydrogen) atoms. The molecule has 158 valence electrons. The summed E-state index contributed by atoms with van der Waals surface area (Å²) < 4.78 is 17.0. The first kappa shape index (κ1) is 19.8. The Kier molecular flexibility index (Phi) is 5.90. The molecule has 1 saturated heterocycles. The van der Waals surface area contributed by atoms with Gasteiger partial charge >= 0.3 is 0 Å². The lowest BCUT2D eigenvalue weighted by molar-refractivity contribution is 0.112. The number of piperazine rings is 1. The number of hydrogen-bond donors (Lipinski definition) is 0. The van der Waals surface area contributed by atoms with E-state index in [-0.39, 0.29) is 0 Å². The molecule has 0 spiro atoms. The summed E-state index contributed by atoms with van der Waals surface area (Å²) in [6, 6.07) is 8.05. The number of hydrogen-bond acceptors (Lipinski definition) is 8. The molecule has 2 aliphatic rings. The number of rotatable bonds is 5. The first-order chi connectivity index (χ1) is 14.7. The van der Waals surface area contributed by atoms with E-state index in [1.807, 2.05) is 23.6 Å². The Hall–Kier alpha value is -2.13. The number of nitrogens with zero attached hydrogens (tertiary/aromatic N) is 4. The molecule has 0 atom stereocenters. The molecular weight excluding hydrogens is 424 g/mol. The number of ether oxygens (including phenoxy) is 2. The van der Waals surface area contributed by atoms with Crippen molar-refractivity contribution >= 4 is 22.9 Å². The van der Waals surface area contributed by atoms with Gasteiger partial charge in [0.25, 0.3) is 0 Å². The van der Waals surface area contributed by atoms with Crippen molar-refractivity contribution < 1.29 is 14.0 Å². The topological polar surface area (TPSA) is 63.9 Å². The summed E-state index contributed by atoms with van der Waals surface area (Å²) in [6.45, 7) is 6.67. The zero-order chi connectivity index (χ0) is 20.3. The van der Waals surface area contributed by atoms with Crippen LogP contribution in [0.4, 0.5) is 0 Å². The van der Waals surface area contributed by atoms with Gasteiger partial charge in [0.1, 0.15) is 0 Å². The fourth-order valence-electron chi connectivity index (χ4n) is 3.76. The molecular formula is C21H23ClN4O3S. The number of halogens is 1. The molecule has 0 unspecified atom stereocenters. The molecule has 1 fully saturated rings. The molecule has 2 aromatic heterocycles. The fourth-order valence-corrected chi connectivity index (χ4v) is 4.69. The van der Waals surface area contributed by atoms with Crippen molar-refractivity contribution in [2.24, 2.45) is 0 Å². The van der Waals surface area contributed by atoms with Crippen LogP contribution in [0.3, 0.4) is 0 Å². The molecule has 3 aromatic rings. The Morgan fingerprint density at radius 3 is 2.63 bits per heavy atom. The molecule has 0 aliphatic carbocycles.